The van der Waals surface area contributed by atoms with E-state index in [4.69, 9.17) is 19.9 Å². The van der Waals surface area contributed by atoms with Gasteiger partial charge in [0.25, 0.3) is 0 Å². The van der Waals surface area contributed by atoms with Gasteiger partial charge >= 0.3 is 0 Å². The van der Waals surface area contributed by atoms with Crippen LogP contribution in [-0.2, 0) is 0 Å². The molecule has 0 radical (unpaired) electrons. The van der Waals surface area contributed by atoms with E-state index >= 15 is 0 Å². The van der Waals surface area contributed by atoms with Gasteiger partial charge in [-0.1, -0.05) is 140 Å². The van der Waals surface area contributed by atoms with Crippen LogP contribution < -0.4 is 0 Å². The molecule has 0 bridgehead atoms. The zero-order valence-electron chi connectivity index (χ0n) is 30.0. The van der Waals surface area contributed by atoms with Gasteiger partial charge in [-0.3, -0.25) is 4.98 Å². The number of nitrogens with zero attached hydrogens (tertiary/aromatic N) is 5. The fraction of sp³-hybridized carbons (Fsp3) is 0. The maximum Gasteiger partial charge on any atom is 0.166 e. The molecule has 56 heavy (non-hydrogen) atoms. The van der Waals surface area contributed by atoms with E-state index in [0.717, 1.165) is 44.8 Å². The number of rotatable bonds is 6. The molecule has 6 heteroatoms. The van der Waals surface area contributed by atoms with E-state index < -0.39 is 0 Å². The Bertz CT molecular complexity index is 3170. The van der Waals surface area contributed by atoms with E-state index in [9.17, 15) is 0 Å². The standard InChI is InChI=1S/C50H31N5S/c1-5-16-32(17-6-1)35-28-41(50-53-48(33-18-7-2-8-19-33)52-49(54-50)34-20-9-3-10-21-34)47(51-31-35)38-25-15-27-44-46(38)40-29-39-37-24-13-14-26-42(37)55(36-22-11-4-12-23-36)43(39)30-45(40)56-44/h1-31H. The molecule has 0 aliphatic heterocycles. The van der Waals surface area contributed by atoms with Gasteiger partial charge in [0.15, 0.2) is 17.5 Å². The number of pyridine rings is 1. The molecule has 11 aromatic rings. The van der Waals surface area contributed by atoms with Crippen LogP contribution in [0.2, 0.25) is 0 Å². The molecule has 0 aliphatic rings. The Kier molecular flexibility index (Phi) is 7.60. The molecule has 0 saturated heterocycles. The summed E-state index contributed by atoms with van der Waals surface area (Å²) in [7, 11) is 0. The van der Waals surface area contributed by atoms with Crippen molar-refractivity contribution >= 4 is 53.3 Å². The second-order valence-corrected chi connectivity index (χ2v) is 14.9. The molecule has 0 aliphatic carbocycles. The highest BCUT2D eigenvalue weighted by atomic mass is 32.1. The maximum absolute atomic E-state index is 5.30. The minimum absolute atomic E-state index is 0.572. The largest absolute Gasteiger partial charge is 0.309 e. The van der Waals surface area contributed by atoms with Crippen molar-refractivity contribution in [2.75, 3.05) is 0 Å². The Labute approximate surface area is 326 Å². The van der Waals surface area contributed by atoms with Crippen LogP contribution in [0.1, 0.15) is 0 Å². The van der Waals surface area contributed by atoms with E-state index in [2.05, 4.69) is 120 Å². The number of para-hydroxylation sites is 2. The fourth-order valence-electron chi connectivity index (χ4n) is 7.91. The highest BCUT2D eigenvalue weighted by Gasteiger charge is 2.22. The minimum atomic E-state index is 0.572. The monoisotopic (exact) mass is 733 g/mol. The van der Waals surface area contributed by atoms with E-state index in [-0.39, 0.29) is 0 Å². The van der Waals surface area contributed by atoms with Crippen molar-refractivity contribution in [1.29, 1.82) is 0 Å². The SMILES string of the molecule is c1ccc(-c2cnc(-c3cccc4sc5cc6c(cc5c34)c3ccccc3n6-c3ccccc3)c(-c3nc(-c4ccccc4)nc(-c4ccccc4)n3)c2)cc1. The predicted molar refractivity (Wildman–Crippen MR) is 232 cm³/mol. The predicted octanol–water partition coefficient (Wildman–Crippen LogP) is 13.1. The Morgan fingerprint density at radius 2 is 1.00 bits per heavy atom. The lowest BCUT2D eigenvalue weighted by atomic mass is 9.96. The molecule has 0 atom stereocenters. The first-order chi connectivity index (χ1) is 27.8. The first-order valence-corrected chi connectivity index (χ1v) is 19.5. The summed E-state index contributed by atoms with van der Waals surface area (Å²) in [5.41, 5.74) is 10.1. The van der Waals surface area contributed by atoms with Gasteiger partial charge in [-0.15, -0.1) is 11.3 Å². The summed E-state index contributed by atoms with van der Waals surface area (Å²) in [5.74, 6) is 1.80. The van der Waals surface area contributed by atoms with Crippen molar-refractivity contribution in [2.24, 2.45) is 0 Å². The van der Waals surface area contributed by atoms with Crippen molar-refractivity contribution in [1.82, 2.24) is 24.5 Å². The number of fused-ring (bicyclic) bond motifs is 6. The molecule has 0 N–H and O–H groups in total. The lowest BCUT2D eigenvalue weighted by molar-refractivity contribution is 1.07. The summed E-state index contributed by atoms with van der Waals surface area (Å²) in [4.78, 5) is 20.7. The summed E-state index contributed by atoms with van der Waals surface area (Å²) < 4.78 is 4.80. The Morgan fingerprint density at radius 3 is 1.70 bits per heavy atom. The van der Waals surface area contributed by atoms with E-state index in [0.29, 0.717) is 17.5 Å². The van der Waals surface area contributed by atoms with Crippen LogP contribution in [0.3, 0.4) is 0 Å². The third kappa shape index (κ3) is 5.38. The number of thiophene rings is 1. The van der Waals surface area contributed by atoms with Gasteiger partial charge in [-0.25, -0.2) is 15.0 Å². The molecule has 4 heterocycles. The lowest BCUT2D eigenvalue weighted by Crippen LogP contribution is -2.02. The van der Waals surface area contributed by atoms with Crippen molar-refractivity contribution < 1.29 is 0 Å². The van der Waals surface area contributed by atoms with Crippen molar-refractivity contribution in [3.8, 4) is 62.2 Å². The Balaban J connectivity index is 1.19. The quantitative estimate of drug-likeness (QED) is 0.171. The first kappa shape index (κ1) is 32.2. The molecule has 4 aromatic heterocycles. The molecule has 262 valence electrons. The van der Waals surface area contributed by atoms with Crippen LogP contribution in [0, 0.1) is 0 Å². The third-order valence-corrected chi connectivity index (χ3v) is 11.6. The molecule has 0 saturated carbocycles. The number of hydrogen-bond acceptors (Lipinski definition) is 5. The molecule has 0 spiro atoms. The van der Waals surface area contributed by atoms with Gasteiger partial charge in [0, 0.05) is 70.6 Å². The highest BCUT2D eigenvalue weighted by molar-refractivity contribution is 7.26. The Morgan fingerprint density at radius 1 is 0.393 bits per heavy atom. The smallest absolute Gasteiger partial charge is 0.166 e. The normalized spacial score (nSPS) is 11.6. The summed E-state index contributed by atoms with van der Waals surface area (Å²) >= 11 is 1.82. The second kappa shape index (κ2) is 13.2. The number of hydrogen-bond donors (Lipinski definition) is 0. The summed E-state index contributed by atoms with van der Waals surface area (Å²) in [6, 6.07) is 63.4. The van der Waals surface area contributed by atoms with Crippen LogP contribution in [0.15, 0.2) is 188 Å². The van der Waals surface area contributed by atoms with Crippen LogP contribution in [-0.4, -0.2) is 24.5 Å². The average Bonchev–Trinajstić information content (AvgIpc) is 3.81. The molecular formula is C50H31N5S. The molecular weight excluding hydrogens is 703 g/mol. The fourth-order valence-corrected chi connectivity index (χ4v) is 9.06. The molecule has 5 nitrogen and oxygen atoms in total. The van der Waals surface area contributed by atoms with Crippen LogP contribution >= 0.6 is 11.3 Å². The number of aromatic nitrogens is 5. The van der Waals surface area contributed by atoms with Gasteiger partial charge in [-0.2, -0.15) is 0 Å². The van der Waals surface area contributed by atoms with Gasteiger partial charge in [0.05, 0.1) is 16.7 Å². The zero-order chi connectivity index (χ0) is 37.0. The summed E-state index contributed by atoms with van der Waals surface area (Å²) in [6.45, 7) is 0. The van der Waals surface area contributed by atoms with Gasteiger partial charge in [0.1, 0.15) is 0 Å². The molecule has 0 fully saturated rings. The lowest BCUT2D eigenvalue weighted by Gasteiger charge is -2.14. The summed E-state index contributed by atoms with van der Waals surface area (Å²) in [6.07, 6.45) is 1.98. The maximum atomic E-state index is 5.30. The molecule has 7 aromatic carbocycles. The van der Waals surface area contributed by atoms with Crippen molar-refractivity contribution in [2.45, 2.75) is 0 Å². The minimum Gasteiger partial charge on any atom is -0.309 e. The van der Waals surface area contributed by atoms with Crippen LogP contribution in [0.5, 0.6) is 0 Å². The van der Waals surface area contributed by atoms with Gasteiger partial charge in [0.2, 0.25) is 0 Å². The zero-order valence-corrected chi connectivity index (χ0v) is 30.9. The third-order valence-electron chi connectivity index (χ3n) is 10.5. The van der Waals surface area contributed by atoms with Gasteiger partial charge < -0.3 is 4.57 Å². The van der Waals surface area contributed by atoms with Crippen LogP contribution in [0.25, 0.3) is 104 Å². The van der Waals surface area contributed by atoms with Gasteiger partial charge in [-0.05, 0) is 48.0 Å². The summed E-state index contributed by atoms with van der Waals surface area (Å²) in [5, 5.41) is 4.82. The molecule has 11 rings (SSSR count). The van der Waals surface area contributed by atoms with Crippen molar-refractivity contribution in [3.63, 3.8) is 0 Å². The van der Waals surface area contributed by atoms with Crippen molar-refractivity contribution in [3.05, 3.63) is 188 Å². The Hall–Kier alpha value is -7.28. The molecule has 0 amide bonds. The van der Waals surface area contributed by atoms with Crippen LogP contribution in [0.4, 0.5) is 0 Å². The van der Waals surface area contributed by atoms with E-state index in [1.165, 1.54) is 42.0 Å². The number of benzene rings is 7. The molecule has 0 unspecified atom stereocenters. The average molecular weight is 734 g/mol. The van der Waals surface area contributed by atoms with E-state index in [1.807, 2.05) is 84.3 Å². The second-order valence-electron chi connectivity index (χ2n) is 13.9. The first-order valence-electron chi connectivity index (χ1n) is 18.6. The van der Waals surface area contributed by atoms with E-state index in [1.54, 1.807) is 0 Å². The topological polar surface area (TPSA) is 56.5 Å². The highest BCUT2D eigenvalue weighted by Crippen LogP contribution is 2.45.